The largest absolute Gasteiger partial charge is 0.490 e. The van der Waals surface area contributed by atoms with Crippen molar-refractivity contribution in [3.05, 3.63) is 54.1 Å². The predicted octanol–water partition coefficient (Wildman–Crippen LogP) is 5.82. The molecule has 3 heterocycles. The number of amides is 1. The zero-order valence-electron chi connectivity index (χ0n) is 22.3. The molecule has 0 radical (unpaired) electrons. The number of rotatable bonds is 9. The van der Waals surface area contributed by atoms with Crippen molar-refractivity contribution in [2.45, 2.75) is 71.1 Å². The van der Waals surface area contributed by atoms with E-state index < -0.39 is 5.60 Å². The third-order valence-corrected chi connectivity index (χ3v) is 6.98. The Morgan fingerprint density at radius 1 is 1.08 bits per heavy atom. The molecular weight excluding hydrogens is 473 g/mol. The SMILES string of the molecule is CC(C)(C)OC(=O)N1CCCC1COc1cncc(N2CCC(CCOCc3ccc(F)cc3)CC2)c1. The number of benzene rings is 1. The molecule has 0 aliphatic carbocycles. The summed E-state index contributed by atoms with van der Waals surface area (Å²) in [5.41, 5.74) is 1.56. The van der Waals surface area contributed by atoms with Crippen molar-refractivity contribution in [2.24, 2.45) is 5.92 Å². The Bertz CT molecular complexity index is 1000. The molecule has 1 aromatic heterocycles. The fourth-order valence-electron chi connectivity index (χ4n) is 4.92. The summed E-state index contributed by atoms with van der Waals surface area (Å²) in [5, 5.41) is 0. The number of piperidine rings is 1. The predicted molar refractivity (Wildman–Crippen MR) is 141 cm³/mol. The van der Waals surface area contributed by atoms with Crippen LogP contribution in [0, 0.1) is 11.7 Å². The van der Waals surface area contributed by atoms with Crippen LogP contribution in [-0.4, -0.2) is 60.5 Å². The summed E-state index contributed by atoms with van der Waals surface area (Å²) in [6, 6.07) is 8.54. The third-order valence-electron chi connectivity index (χ3n) is 6.98. The number of carbonyl (C=O) groups is 1. The summed E-state index contributed by atoms with van der Waals surface area (Å²) in [6.45, 7) is 9.98. The van der Waals surface area contributed by atoms with Gasteiger partial charge in [0.25, 0.3) is 0 Å². The van der Waals surface area contributed by atoms with Gasteiger partial charge in [-0.15, -0.1) is 0 Å². The fourth-order valence-corrected chi connectivity index (χ4v) is 4.92. The smallest absolute Gasteiger partial charge is 0.410 e. The summed E-state index contributed by atoms with van der Waals surface area (Å²) in [5.74, 6) is 1.14. The number of carbonyl (C=O) groups excluding carboxylic acids is 1. The summed E-state index contributed by atoms with van der Waals surface area (Å²) in [7, 11) is 0. The monoisotopic (exact) mass is 513 g/mol. The second-order valence-electron chi connectivity index (χ2n) is 11.1. The Balaban J connectivity index is 1.19. The first kappa shape index (κ1) is 27.2. The molecule has 1 unspecified atom stereocenters. The maximum absolute atomic E-state index is 13.0. The van der Waals surface area contributed by atoms with Gasteiger partial charge in [0, 0.05) is 32.3 Å². The molecule has 37 heavy (non-hydrogen) atoms. The van der Waals surface area contributed by atoms with Gasteiger partial charge in [0.15, 0.2) is 0 Å². The van der Waals surface area contributed by atoms with Crippen LogP contribution < -0.4 is 9.64 Å². The molecule has 0 spiro atoms. The van der Waals surface area contributed by atoms with Crippen LogP contribution in [0.3, 0.4) is 0 Å². The van der Waals surface area contributed by atoms with Gasteiger partial charge < -0.3 is 24.0 Å². The van der Waals surface area contributed by atoms with Gasteiger partial charge in [0.05, 0.1) is 30.7 Å². The number of halogens is 1. The van der Waals surface area contributed by atoms with E-state index in [0.717, 1.165) is 62.2 Å². The van der Waals surface area contributed by atoms with E-state index in [-0.39, 0.29) is 18.0 Å². The molecule has 1 amide bonds. The van der Waals surface area contributed by atoms with Gasteiger partial charge in [-0.25, -0.2) is 9.18 Å². The zero-order valence-corrected chi connectivity index (χ0v) is 22.3. The highest BCUT2D eigenvalue weighted by atomic mass is 19.1. The molecule has 202 valence electrons. The molecule has 7 nitrogen and oxygen atoms in total. The lowest BCUT2D eigenvalue weighted by Gasteiger charge is -2.33. The Kier molecular flexibility index (Phi) is 9.24. The van der Waals surface area contributed by atoms with E-state index >= 15 is 0 Å². The molecule has 1 atom stereocenters. The first-order valence-electron chi connectivity index (χ1n) is 13.4. The summed E-state index contributed by atoms with van der Waals surface area (Å²) >= 11 is 0. The van der Waals surface area contributed by atoms with Crippen molar-refractivity contribution in [3.63, 3.8) is 0 Å². The number of hydrogen-bond acceptors (Lipinski definition) is 6. The van der Waals surface area contributed by atoms with E-state index in [9.17, 15) is 9.18 Å². The van der Waals surface area contributed by atoms with Crippen LogP contribution in [0.2, 0.25) is 0 Å². The highest BCUT2D eigenvalue weighted by molar-refractivity contribution is 5.69. The van der Waals surface area contributed by atoms with Gasteiger partial charge >= 0.3 is 6.09 Å². The molecule has 2 aromatic rings. The third kappa shape index (κ3) is 8.32. The number of likely N-dealkylation sites (tertiary alicyclic amines) is 1. The van der Waals surface area contributed by atoms with Crippen molar-refractivity contribution in [1.29, 1.82) is 0 Å². The highest BCUT2D eigenvalue weighted by Gasteiger charge is 2.32. The van der Waals surface area contributed by atoms with E-state index in [1.54, 1.807) is 23.2 Å². The molecule has 8 heteroatoms. The molecule has 2 aliphatic rings. The Hall–Kier alpha value is -2.87. The standard InChI is InChI=1S/C29H40FN3O4/c1-29(2,3)37-28(34)33-13-4-5-25(33)21-36-27-17-26(18-31-19-27)32-14-10-22(11-15-32)12-16-35-20-23-6-8-24(30)9-7-23/h6-9,17-19,22,25H,4-5,10-16,20-21H2,1-3H3. The number of nitrogens with zero attached hydrogens (tertiary/aromatic N) is 3. The first-order chi connectivity index (χ1) is 17.8. The van der Waals surface area contributed by atoms with Crippen molar-refractivity contribution in [2.75, 3.05) is 37.7 Å². The van der Waals surface area contributed by atoms with Crippen LogP contribution in [0.15, 0.2) is 42.7 Å². The molecule has 0 N–H and O–H groups in total. The number of ether oxygens (including phenoxy) is 3. The lowest BCUT2D eigenvalue weighted by atomic mass is 9.94. The molecule has 1 aromatic carbocycles. The second kappa shape index (κ2) is 12.6. The first-order valence-corrected chi connectivity index (χ1v) is 13.4. The quantitative estimate of drug-likeness (QED) is 0.394. The maximum Gasteiger partial charge on any atom is 0.410 e. The normalized spacial score (nSPS) is 18.8. The maximum atomic E-state index is 13.0. The van der Waals surface area contributed by atoms with Crippen LogP contribution in [0.25, 0.3) is 0 Å². The minimum atomic E-state index is -0.506. The van der Waals surface area contributed by atoms with Crippen molar-refractivity contribution < 1.29 is 23.4 Å². The van der Waals surface area contributed by atoms with E-state index in [0.29, 0.717) is 32.3 Å². The number of aromatic nitrogens is 1. The molecule has 2 fully saturated rings. The van der Waals surface area contributed by atoms with Crippen LogP contribution in [0.4, 0.5) is 14.9 Å². The average molecular weight is 514 g/mol. The number of hydrogen-bond donors (Lipinski definition) is 0. The molecule has 2 aliphatic heterocycles. The van der Waals surface area contributed by atoms with Crippen LogP contribution in [0.1, 0.15) is 58.4 Å². The van der Waals surface area contributed by atoms with E-state index in [1.165, 1.54) is 12.1 Å². The van der Waals surface area contributed by atoms with E-state index in [1.807, 2.05) is 33.0 Å². The average Bonchev–Trinajstić information content (AvgIpc) is 3.35. The number of anilines is 1. The summed E-state index contributed by atoms with van der Waals surface area (Å²) in [6.07, 6.45) is 8.48. The van der Waals surface area contributed by atoms with Gasteiger partial charge in [0.1, 0.15) is 23.8 Å². The van der Waals surface area contributed by atoms with Crippen molar-refractivity contribution >= 4 is 11.8 Å². The molecule has 0 bridgehead atoms. The zero-order chi connectivity index (χ0) is 26.3. The summed E-state index contributed by atoms with van der Waals surface area (Å²) < 4.78 is 30.5. The highest BCUT2D eigenvalue weighted by Crippen LogP contribution is 2.28. The summed E-state index contributed by atoms with van der Waals surface area (Å²) in [4.78, 5) is 21.1. The lowest BCUT2D eigenvalue weighted by Crippen LogP contribution is -2.42. The number of pyridine rings is 1. The van der Waals surface area contributed by atoms with Crippen LogP contribution >= 0.6 is 0 Å². The van der Waals surface area contributed by atoms with Gasteiger partial charge in [-0.05, 0) is 76.5 Å². The fraction of sp³-hybridized carbons (Fsp3) is 0.586. The van der Waals surface area contributed by atoms with Crippen LogP contribution in [0.5, 0.6) is 5.75 Å². The Labute approximate surface area is 219 Å². The minimum Gasteiger partial charge on any atom is -0.490 e. The van der Waals surface area contributed by atoms with Crippen molar-refractivity contribution in [3.8, 4) is 5.75 Å². The van der Waals surface area contributed by atoms with Gasteiger partial charge in [-0.1, -0.05) is 12.1 Å². The lowest BCUT2D eigenvalue weighted by molar-refractivity contribution is 0.0187. The van der Waals surface area contributed by atoms with Gasteiger partial charge in [-0.3, -0.25) is 4.98 Å². The Morgan fingerprint density at radius 3 is 2.57 bits per heavy atom. The van der Waals surface area contributed by atoms with E-state index in [4.69, 9.17) is 14.2 Å². The molecule has 0 saturated carbocycles. The van der Waals surface area contributed by atoms with Crippen molar-refractivity contribution in [1.82, 2.24) is 9.88 Å². The van der Waals surface area contributed by atoms with Crippen LogP contribution in [-0.2, 0) is 16.1 Å². The van der Waals surface area contributed by atoms with Gasteiger partial charge in [-0.2, -0.15) is 0 Å². The minimum absolute atomic E-state index is 0.0135. The van der Waals surface area contributed by atoms with Gasteiger partial charge in [0.2, 0.25) is 0 Å². The Morgan fingerprint density at radius 2 is 1.84 bits per heavy atom. The molecule has 4 rings (SSSR count). The second-order valence-corrected chi connectivity index (χ2v) is 11.1. The molecule has 2 saturated heterocycles. The van der Waals surface area contributed by atoms with E-state index in [2.05, 4.69) is 9.88 Å². The topological polar surface area (TPSA) is 64.1 Å². The molecular formula is C29H40FN3O4.